The summed E-state index contributed by atoms with van der Waals surface area (Å²) in [7, 11) is 0. The van der Waals surface area contributed by atoms with Crippen LogP contribution in [-0.2, 0) is 6.54 Å². The minimum absolute atomic E-state index is 0.133. The molecule has 0 unspecified atom stereocenters. The molecule has 0 amide bonds. The van der Waals surface area contributed by atoms with Crippen molar-refractivity contribution in [3.63, 3.8) is 0 Å². The van der Waals surface area contributed by atoms with Gasteiger partial charge in [0.15, 0.2) is 0 Å². The SMILES string of the molecule is Fc1ccc(-c2cn(CCN3CCCC3)cn2)cc1Cl. The van der Waals surface area contributed by atoms with Crippen LogP contribution in [0, 0.1) is 5.82 Å². The van der Waals surface area contributed by atoms with Crippen LogP contribution in [0.1, 0.15) is 12.8 Å². The average Bonchev–Trinajstić information content (AvgIpc) is 3.10. The zero-order valence-electron chi connectivity index (χ0n) is 11.2. The summed E-state index contributed by atoms with van der Waals surface area (Å²) >= 11 is 5.80. The molecule has 1 aromatic carbocycles. The van der Waals surface area contributed by atoms with Crippen molar-refractivity contribution in [1.82, 2.24) is 14.5 Å². The Morgan fingerprint density at radius 2 is 2.00 bits per heavy atom. The van der Waals surface area contributed by atoms with Crippen molar-refractivity contribution in [1.29, 1.82) is 0 Å². The number of halogens is 2. The summed E-state index contributed by atoms with van der Waals surface area (Å²) in [6.45, 7) is 4.39. The van der Waals surface area contributed by atoms with Gasteiger partial charge in [-0.3, -0.25) is 0 Å². The average molecular weight is 294 g/mol. The molecule has 1 saturated heterocycles. The van der Waals surface area contributed by atoms with E-state index in [1.54, 1.807) is 12.1 Å². The summed E-state index contributed by atoms with van der Waals surface area (Å²) in [6.07, 6.45) is 6.43. The van der Waals surface area contributed by atoms with Crippen LogP contribution in [0.5, 0.6) is 0 Å². The molecule has 0 spiro atoms. The van der Waals surface area contributed by atoms with E-state index in [0.29, 0.717) is 0 Å². The second-order valence-electron chi connectivity index (χ2n) is 5.17. The molecular weight excluding hydrogens is 277 g/mol. The lowest BCUT2D eigenvalue weighted by Crippen LogP contribution is -2.23. The normalized spacial score (nSPS) is 15.9. The molecule has 0 radical (unpaired) electrons. The topological polar surface area (TPSA) is 21.1 Å². The molecular formula is C15H17ClFN3. The quantitative estimate of drug-likeness (QED) is 0.861. The summed E-state index contributed by atoms with van der Waals surface area (Å²) in [5.41, 5.74) is 1.67. The van der Waals surface area contributed by atoms with Gasteiger partial charge in [0, 0.05) is 24.8 Å². The van der Waals surface area contributed by atoms with Gasteiger partial charge in [-0.15, -0.1) is 0 Å². The number of benzene rings is 1. The summed E-state index contributed by atoms with van der Waals surface area (Å²) in [5, 5.41) is 0.133. The van der Waals surface area contributed by atoms with Crippen LogP contribution in [-0.4, -0.2) is 34.1 Å². The van der Waals surface area contributed by atoms with E-state index in [9.17, 15) is 4.39 Å². The molecule has 3 rings (SSSR count). The van der Waals surface area contributed by atoms with Gasteiger partial charge in [0.2, 0.25) is 0 Å². The maximum absolute atomic E-state index is 13.2. The highest BCUT2D eigenvalue weighted by atomic mass is 35.5. The molecule has 3 nitrogen and oxygen atoms in total. The van der Waals surface area contributed by atoms with E-state index in [2.05, 4.69) is 14.5 Å². The fourth-order valence-corrected chi connectivity index (χ4v) is 2.73. The van der Waals surface area contributed by atoms with Gasteiger partial charge in [-0.2, -0.15) is 0 Å². The van der Waals surface area contributed by atoms with E-state index in [4.69, 9.17) is 11.6 Å². The first-order valence-corrected chi connectivity index (χ1v) is 7.30. The van der Waals surface area contributed by atoms with Gasteiger partial charge in [-0.05, 0) is 44.1 Å². The number of hydrogen-bond donors (Lipinski definition) is 0. The molecule has 0 N–H and O–H groups in total. The third-order valence-corrected chi connectivity index (χ3v) is 4.01. The van der Waals surface area contributed by atoms with Crippen LogP contribution in [0.25, 0.3) is 11.3 Å². The lowest BCUT2D eigenvalue weighted by atomic mass is 10.2. The summed E-state index contributed by atoms with van der Waals surface area (Å²) in [5.74, 6) is -0.399. The highest BCUT2D eigenvalue weighted by Crippen LogP contribution is 2.23. The lowest BCUT2D eigenvalue weighted by molar-refractivity contribution is 0.322. The van der Waals surface area contributed by atoms with Crippen molar-refractivity contribution in [2.75, 3.05) is 19.6 Å². The molecule has 1 aromatic heterocycles. The Balaban J connectivity index is 1.67. The highest BCUT2D eigenvalue weighted by Gasteiger charge is 2.11. The second-order valence-corrected chi connectivity index (χ2v) is 5.58. The van der Waals surface area contributed by atoms with Gasteiger partial charge in [0.05, 0.1) is 17.0 Å². The molecule has 0 bridgehead atoms. The van der Waals surface area contributed by atoms with E-state index in [-0.39, 0.29) is 5.02 Å². The Labute approximate surface area is 123 Å². The minimum atomic E-state index is -0.399. The summed E-state index contributed by atoms with van der Waals surface area (Å²) in [4.78, 5) is 6.83. The van der Waals surface area contributed by atoms with E-state index in [1.807, 2.05) is 12.5 Å². The van der Waals surface area contributed by atoms with Crippen molar-refractivity contribution in [3.05, 3.63) is 41.6 Å². The Bertz CT molecular complexity index is 591. The largest absolute Gasteiger partial charge is 0.336 e. The van der Waals surface area contributed by atoms with Gasteiger partial charge in [0.25, 0.3) is 0 Å². The minimum Gasteiger partial charge on any atom is -0.336 e. The third-order valence-electron chi connectivity index (χ3n) is 3.72. The lowest BCUT2D eigenvalue weighted by Gasteiger charge is -2.14. The van der Waals surface area contributed by atoms with Crippen molar-refractivity contribution in [2.45, 2.75) is 19.4 Å². The van der Waals surface area contributed by atoms with Gasteiger partial charge in [-0.1, -0.05) is 11.6 Å². The molecule has 0 atom stereocenters. The molecule has 0 saturated carbocycles. The van der Waals surface area contributed by atoms with Gasteiger partial charge >= 0.3 is 0 Å². The van der Waals surface area contributed by atoms with Crippen molar-refractivity contribution in [3.8, 4) is 11.3 Å². The van der Waals surface area contributed by atoms with Crippen LogP contribution < -0.4 is 0 Å². The molecule has 1 aliphatic rings. The molecule has 1 fully saturated rings. The number of nitrogens with zero attached hydrogens (tertiary/aromatic N) is 3. The molecule has 20 heavy (non-hydrogen) atoms. The first-order chi connectivity index (χ1) is 9.72. The maximum atomic E-state index is 13.2. The predicted octanol–water partition coefficient (Wildman–Crippen LogP) is 3.44. The smallest absolute Gasteiger partial charge is 0.141 e. The Morgan fingerprint density at radius 1 is 1.20 bits per heavy atom. The maximum Gasteiger partial charge on any atom is 0.141 e. The summed E-state index contributed by atoms with van der Waals surface area (Å²) < 4.78 is 15.2. The van der Waals surface area contributed by atoms with Crippen LogP contribution in [0.15, 0.2) is 30.7 Å². The van der Waals surface area contributed by atoms with E-state index >= 15 is 0 Å². The van der Waals surface area contributed by atoms with Crippen molar-refractivity contribution >= 4 is 11.6 Å². The predicted molar refractivity (Wildman–Crippen MR) is 78.3 cm³/mol. The molecule has 5 heteroatoms. The zero-order valence-corrected chi connectivity index (χ0v) is 12.0. The Morgan fingerprint density at radius 3 is 2.75 bits per heavy atom. The molecule has 0 aliphatic carbocycles. The fourth-order valence-electron chi connectivity index (χ4n) is 2.55. The first-order valence-electron chi connectivity index (χ1n) is 6.92. The first kappa shape index (κ1) is 13.6. The molecule has 1 aliphatic heterocycles. The molecule has 106 valence electrons. The molecule has 2 heterocycles. The van der Waals surface area contributed by atoms with Crippen LogP contribution >= 0.6 is 11.6 Å². The summed E-state index contributed by atoms with van der Waals surface area (Å²) in [6, 6.07) is 4.69. The van der Waals surface area contributed by atoms with Gasteiger partial charge < -0.3 is 9.47 Å². The zero-order chi connectivity index (χ0) is 13.9. The fraction of sp³-hybridized carbons (Fsp3) is 0.400. The molecule has 2 aromatic rings. The number of rotatable bonds is 4. The number of hydrogen-bond acceptors (Lipinski definition) is 2. The second kappa shape index (κ2) is 5.94. The van der Waals surface area contributed by atoms with E-state index in [0.717, 1.165) is 24.3 Å². The third kappa shape index (κ3) is 3.02. The van der Waals surface area contributed by atoms with Crippen molar-refractivity contribution < 1.29 is 4.39 Å². The number of aromatic nitrogens is 2. The van der Waals surface area contributed by atoms with Gasteiger partial charge in [-0.25, -0.2) is 9.37 Å². The van der Waals surface area contributed by atoms with E-state index in [1.165, 1.54) is 32.0 Å². The number of likely N-dealkylation sites (tertiary alicyclic amines) is 1. The Kier molecular flexibility index (Phi) is 4.03. The Hall–Kier alpha value is -1.39. The highest BCUT2D eigenvalue weighted by molar-refractivity contribution is 6.31. The monoisotopic (exact) mass is 293 g/mol. The van der Waals surface area contributed by atoms with Gasteiger partial charge in [0.1, 0.15) is 5.82 Å². The van der Waals surface area contributed by atoms with Crippen LogP contribution in [0.4, 0.5) is 4.39 Å². The van der Waals surface area contributed by atoms with Crippen molar-refractivity contribution in [2.24, 2.45) is 0 Å². The van der Waals surface area contributed by atoms with Crippen LogP contribution in [0.2, 0.25) is 5.02 Å². The number of imidazole rings is 1. The standard InChI is InChI=1S/C15H17ClFN3/c16-13-9-12(3-4-14(13)17)15-10-20(11-18-15)8-7-19-5-1-2-6-19/h3-4,9-11H,1-2,5-8H2. The van der Waals surface area contributed by atoms with E-state index < -0.39 is 5.82 Å². The van der Waals surface area contributed by atoms with Crippen LogP contribution in [0.3, 0.4) is 0 Å².